The highest BCUT2D eigenvalue weighted by atomic mass is 19.1. The Morgan fingerprint density at radius 3 is 2.51 bits per heavy atom. The van der Waals surface area contributed by atoms with Crippen LogP contribution in [0.3, 0.4) is 0 Å². The smallest absolute Gasteiger partial charge is 0.200 e. The SMILES string of the molecule is CCc1[nH]c(C)c(-c2ccc(F)cc2C)c(=O)c1C(=O)Cc1ccc(Oc2ccnc3cc(OC)cnc23)c(F)c1. The fraction of sp³-hybridized carbons (Fsp3) is 0.188. The third-order valence-electron chi connectivity index (χ3n) is 6.89. The van der Waals surface area contributed by atoms with Crippen LogP contribution in [-0.2, 0) is 12.8 Å². The molecule has 9 heteroatoms. The lowest BCUT2D eigenvalue weighted by Gasteiger charge is -2.15. The molecule has 0 atom stereocenters. The van der Waals surface area contributed by atoms with E-state index in [1.54, 1.807) is 32.0 Å². The highest BCUT2D eigenvalue weighted by Gasteiger charge is 2.23. The Morgan fingerprint density at radius 1 is 1.00 bits per heavy atom. The van der Waals surface area contributed by atoms with Gasteiger partial charge in [-0.3, -0.25) is 14.6 Å². The molecule has 0 spiro atoms. The summed E-state index contributed by atoms with van der Waals surface area (Å²) in [6, 6.07) is 11.7. The molecule has 0 fully saturated rings. The number of carbonyl (C=O) groups is 1. The highest BCUT2D eigenvalue weighted by Crippen LogP contribution is 2.31. The number of benzene rings is 2. The first kappa shape index (κ1) is 27.6. The lowest BCUT2D eigenvalue weighted by molar-refractivity contribution is 0.0990. The lowest BCUT2D eigenvalue weighted by Crippen LogP contribution is -2.24. The predicted molar refractivity (Wildman–Crippen MR) is 152 cm³/mol. The summed E-state index contributed by atoms with van der Waals surface area (Å²) in [5, 5.41) is 0. The molecule has 3 aromatic heterocycles. The van der Waals surface area contributed by atoms with E-state index in [9.17, 15) is 14.0 Å². The Kier molecular flexibility index (Phi) is 7.61. The van der Waals surface area contributed by atoms with Crippen LogP contribution in [0.15, 0.2) is 65.7 Å². The second-order valence-electron chi connectivity index (χ2n) is 9.64. The molecule has 208 valence electrons. The van der Waals surface area contributed by atoms with Crippen LogP contribution in [0, 0.1) is 25.5 Å². The largest absolute Gasteiger partial charge is 0.495 e. The van der Waals surface area contributed by atoms with Crippen molar-refractivity contribution in [2.24, 2.45) is 0 Å². The summed E-state index contributed by atoms with van der Waals surface area (Å²) < 4.78 is 39.9. The van der Waals surface area contributed by atoms with Gasteiger partial charge in [0.1, 0.15) is 17.1 Å². The number of H-pyrrole nitrogens is 1. The van der Waals surface area contributed by atoms with Crippen molar-refractivity contribution in [3.8, 4) is 28.4 Å². The van der Waals surface area contributed by atoms with Crippen LogP contribution in [0.2, 0.25) is 0 Å². The first-order valence-corrected chi connectivity index (χ1v) is 13.0. The van der Waals surface area contributed by atoms with Crippen LogP contribution in [0.1, 0.15) is 39.8 Å². The third kappa shape index (κ3) is 5.43. The molecule has 0 amide bonds. The Morgan fingerprint density at radius 2 is 1.80 bits per heavy atom. The maximum atomic E-state index is 15.2. The molecule has 5 aromatic rings. The minimum absolute atomic E-state index is 0.0160. The minimum Gasteiger partial charge on any atom is -0.495 e. The number of methoxy groups -OCH3 is 1. The van der Waals surface area contributed by atoms with Gasteiger partial charge >= 0.3 is 0 Å². The van der Waals surface area contributed by atoms with E-state index in [1.165, 1.54) is 49.8 Å². The fourth-order valence-corrected chi connectivity index (χ4v) is 4.89. The molecule has 1 N–H and O–H groups in total. The summed E-state index contributed by atoms with van der Waals surface area (Å²) in [6.07, 6.45) is 3.26. The third-order valence-corrected chi connectivity index (χ3v) is 6.89. The first-order chi connectivity index (χ1) is 19.7. The van der Waals surface area contributed by atoms with E-state index in [0.717, 1.165) is 0 Å². The predicted octanol–water partition coefficient (Wildman–Crippen LogP) is 6.67. The van der Waals surface area contributed by atoms with Gasteiger partial charge in [-0.25, -0.2) is 13.8 Å². The van der Waals surface area contributed by atoms with E-state index < -0.39 is 22.8 Å². The molecular weight excluding hydrogens is 528 g/mol. The number of aromatic amines is 1. The van der Waals surface area contributed by atoms with Gasteiger partial charge in [-0.15, -0.1) is 0 Å². The summed E-state index contributed by atoms with van der Waals surface area (Å²) in [5.74, 6) is -0.753. The van der Waals surface area contributed by atoms with Gasteiger partial charge in [0, 0.05) is 41.7 Å². The van der Waals surface area contributed by atoms with Gasteiger partial charge < -0.3 is 14.5 Å². The van der Waals surface area contributed by atoms with E-state index in [-0.39, 0.29) is 17.7 Å². The van der Waals surface area contributed by atoms with Crippen molar-refractivity contribution >= 4 is 16.8 Å². The Labute approximate surface area is 234 Å². The summed E-state index contributed by atoms with van der Waals surface area (Å²) in [4.78, 5) is 38.9. The standard InChI is InChI=1S/C32H27F2N3O4/c1-5-24-30(32(39)29(18(3)37-24)22-8-7-20(33)12-17(22)2)26(38)14-19-6-9-27(23(34)13-19)41-28-10-11-35-25-15-21(40-4)16-36-31(25)28/h6-13,15-16H,5,14H2,1-4H3,(H,37,39). The van der Waals surface area contributed by atoms with Crippen molar-refractivity contribution in [3.05, 3.63) is 111 Å². The van der Waals surface area contributed by atoms with Crippen LogP contribution in [0.5, 0.6) is 17.2 Å². The number of ketones is 1. The number of carbonyl (C=O) groups excluding carboxylic acids is 1. The van der Waals surface area contributed by atoms with Gasteiger partial charge in [-0.2, -0.15) is 0 Å². The molecule has 2 aromatic carbocycles. The average Bonchev–Trinajstić information content (AvgIpc) is 2.94. The molecule has 0 bridgehead atoms. The molecular formula is C32H27F2N3O4. The zero-order valence-corrected chi connectivity index (χ0v) is 23.0. The number of nitrogens with one attached hydrogen (secondary N) is 1. The summed E-state index contributed by atoms with van der Waals surface area (Å²) in [5.41, 5.74) is 3.44. The minimum atomic E-state index is -0.676. The van der Waals surface area contributed by atoms with E-state index in [1.807, 2.05) is 6.92 Å². The number of ether oxygens (including phenoxy) is 2. The van der Waals surface area contributed by atoms with Crippen LogP contribution < -0.4 is 14.9 Å². The zero-order chi connectivity index (χ0) is 29.3. The first-order valence-electron chi connectivity index (χ1n) is 13.0. The number of pyridine rings is 3. The Balaban J connectivity index is 1.44. The van der Waals surface area contributed by atoms with Crippen molar-refractivity contribution in [1.29, 1.82) is 0 Å². The van der Waals surface area contributed by atoms with Gasteiger partial charge in [-0.1, -0.05) is 19.1 Å². The van der Waals surface area contributed by atoms with Crippen LogP contribution in [-0.4, -0.2) is 27.8 Å². The number of halogens is 2. The molecule has 5 rings (SSSR count). The summed E-state index contributed by atoms with van der Waals surface area (Å²) in [7, 11) is 1.52. The van der Waals surface area contributed by atoms with Crippen LogP contribution in [0.4, 0.5) is 8.78 Å². The Bertz CT molecular complexity index is 1870. The number of nitrogens with zero attached hydrogens (tertiary/aromatic N) is 2. The van der Waals surface area contributed by atoms with E-state index >= 15 is 4.39 Å². The van der Waals surface area contributed by atoms with Gasteiger partial charge in [-0.05, 0) is 61.2 Å². The molecule has 0 aliphatic rings. The van der Waals surface area contributed by atoms with Gasteiger partial charge in [0.2, 0.25) is 5.43 Å². The van der Waals surface area contributed by atoms with Crippen LogP contribution >= 0.6 is 0 Å². The molecule has 0 saturated heterocycles. The van der Waals surface area contributed by atoms with Crippen LogP contribution in [0.25, 0.3) is 22.2 Å². The topological polar surface area (TPSA) is 94.2 Å². The van der Waals surface area contributed by atoms with E-state index in [2.05, 4.69) is 15.0 Å². The maximum absolute atomic E-state index is 15.2. The van der Waals surface area contributed by atoms with Crippen molar-refractivity contribution in [2.45, 2.75) is 33.6 Å². The number of hydrogen-bond donors (Lipinski definition) is 1. The number of aromatic nitrogens is 3. The number of aryl methyl sites for hydroxylation is 3. The lowest BCUT2D eigenvalue weighted by atomic mass is 9.93. The quantitative estimate of drug-likeness (QED) is 0.215. The molecule has 7 nitrogen and oxygen atoms in total. The number of Topliss-reactive ketones (excluding diaryl/α,β-unsaturated/α-hetero) is 1. The van der Waals surface area contributed by atoms with Gasteiger partial charge in [0.15, 0.2) is 23.1 Å². The van der Waals surface area contributed by atoms with Crippen molar-refractivity contribution in [1.82, 2.24) is 15.0 Å². The number of hydrogen-bond acceptors (Lipinski definition) is 6. The molecule has 0 unspecified atom stereocenters. The van der Waals surface area contributed by atoms with Crippen molar-refractivity contribution in [2.75, 3.05) is 7.11 Å². The molecule has 3 heterocycles. The average molecular weight is 556 g/mol. The second-order valence-corrected chi connectivity index (χ2v) is 9.64. The fourth-order valence-electron chi connectivity index (χ4n) is 4.89. The summed E-state index contributed by atoms with van der Waals surface area (Å²) in [6.45, 7) is 5.30. The van der Waals surface area contributed by atoms with E-state index in [0.29, 0.717) is 62.6 Å². The second kappa shape index (κ2) is 11.3. The number of rotatable bonds is 8. The summed E-state index contributed by atoms with van der Waals surface area (Å²) >= 11 is 0. The zero-order valence-electron chi connectivity index (χ0n) is 23.0. The van der Waals surface area contributed by atoms with Crippen molar-refractivity contribution < 1.29 is 23.0 Å². The molecule has 0 aliphatic carbocycles. The van der Waals surface area contributed by atoms with E-state index in [4.69, 9.17) is 9.47 Å². The van der Waals surface area contributed by atoms with Gasteiger partial charge in [0.05, 0.1) is 24.4 Å². The molecule has 41 heavy (non-hydrogen) atoms. The van der Waals surface area contributed by atoms with Crippen molar-refractivity contribution in [3.63, 3.8) is 0 Å². The number of fused-ring (bicyclic) bond motifs is 1. The highest BCUT2D eigenvalue weighted by molar-refractivity contribution is 5.99. The maximum Gasteiger partial charge on any atom is 0.200 e. The molecule has 0 saturated carbocycles. The molecule has 0 aliphatic heterocycles. The molecule has 0 radical (unpaired) electrons. The van der Waals surface area contributed by atoms with Gasteiger partial charge in [0.25, 0.3) is 0 Å². The Hall–Kier alpha value is -4.92. The normalized spacial score (nSPS) is 11.1. The monoisotopic (exact) mass is 555 g/mol.